The Balaban J connectivity index is 2.11. The lowest BCUT2D eigenvalue weighted by molar-refractivity contribution is 0.261. The summed E-state index contributed by atoms with van der Waals surface area (Å²) in [4.78, 5) is 10.8. The largest absolute Gasteiger partial charge is 0.396 e. The summed E-state index contributed by atoms with van der Waals surface area (Å²) in [6.07, 6.45) is 7.94. The summed E-state index contributed by atoms with van der Waals surface area (Å²) in [5, 5.41) is 9.02. The lowest BCUT2D eigenvalue weighted by Gasteiger charge is -2.35. The van der Waals surface area contributed by atoms with Gasteiger partial charge in [0.05, 0.1) is 0 Å². The molecule has 15 heavy (non-hydrogen) atoms. The third-order valence-electron chi connectivity index (χ3n) is 2.90. The van der Waals surface area contributed by atoms with Gasteiger partial charge in [-0.2, -0.15) is 0 Å². The van der Waals surface area contributed by atoms with Gasteiger partial charge in [-0.15, -0.1) is 0 Å². The molecule has 0 spiro atoms. The van der Waals surface area contributed by atoms with Crippen LogP contribution in [-0.4, -0.2) is 34.3 Å². The molecule has 0 amide bonds. The summed E-state index contributed by atoms with van der Waals surface area (Å²) in [5.41, 5.74) is 0. The van der Waals surface area contributed by atoms with Crippen molar-refractivity contribution < 1.29 is 5.11 Å². The fourth-order valence-corrected chi connectivity index (χ4v) is 2.15. The molecule has 0 saturated carbocycles. The molecule has 0 aliphatic carbocycles. The number of rotatable bonds is 3. The lowest BCUT2D eigenvalue weighted by Crippen LogP contribution is -2.41. The summed E-state index contributed by atoms with van der Waals surface area (Å²) in [6, 6.07) is 2.24. The minimum absolute atomic E-state index is 0.244. The summed E-state index contributed by atoms with van der Waals surface area (Å²) >= 11 is 0. The van der Waals surface area contributed by atoms with Crippen molar-refractivity contribution in [1.29, 1.82) is 0 Å². The molecule has 0 bridgehead atoms. The molecule has 2 rings (SSSR count). The number of hydrogen-bond donors (Lipinski definition) is 1. The van der Waals surface area contributed by atoms with Crippen LogP contribution in [-0.2, 0) is 0 Å². The maximum absolute atomic E-state index is 9.02. The van der Waals surface area contributed by atoms with Crippen molar-refractivity contribution in [3.63, 3.8) is 0 Å². The number of aliphatic hydroxyl groups excluding tert-OH is 1. The maximum Gasteiger partial charge on any atom is 0.225 e. The van der Waals surface area contributed by atoms with Gasteiger partial charge in [0.15, 0.2) is 0 Å². The molecule has 0 radical (unpaired) electrons. The molecule has 2 heterocycles. The fraction of sp³-hybridized carbons (Fsp3) is 0.636. The first-order valence-corrected chi connectivity index (χ1v) is 5.56. The van der Waals surface area contributed by atoms with Crippen molar-refractivity contribution in [3.05, 3.63) is 18.5 Å². The van der Waals surface area contributed by atoms with Gasteiger partial charge in [0.25, 0.3) is 0 Å². The van der Waals surface area contributed by atoms with Crippen molar-refractivity contribution in [3.8, 4) is 0 Å². The van der Waals surface area contributed by atoms with Crippen molar-refractivity contribution in [2.24, 2.45) is 0 Å². The summed E-state index contributed by atoms with van der Waals surface area (Å²) in [6.45, 7) is 1.25. The third kappa shape index (κ3) is 2.45. The minimum Gasteiger partial charge on any atom is -0.396 e. The number of anilines is 1. The second-order valence-electron chi connectivity index (χ2n) is 3.90. The Morgan fingerprint density at radius 3 is 2.87 bits per heavy atom. The predicted molar refractivity (Wildman–Crippen MR) is 58.7 cm³/mol. The SMILES string of the molecule is OCCC1CCCCN1c1ncccn1. The van der Waals surface area contributed by atoms with E-state index in [0.717, 1.165) is 25.3 Å². The van der Waals surface area contributed by atoms with Crippen molar-refractivity contribution >= 4 is 5.95 Å². The molecule has 1 aromatic rings. The van der Waals surface area contributed by atoms with Gasteiger partial charge in [-0.05, 0) is 31.7 Å². The zero-order chi connectivity index (χ0) is 10.5. The Hall–Kier alpha value is -1.16. The van der Waals surface area contributed by atoms with Crippen LogP contribution in [0.4, 0.5) is 5.95 Å². The average Bonchev–Trinajstić information content (AvgIpc) is 2.31. The molecule has 0 aromatic carbocycles. The van der Waals surface area contributed by atoms with Gasteiger partial charge in [0.2, 0.25) is 5.95 Å². The lowest BCUT2D eigenvalue weighted by atomic mass is 10.0. The van der Waals surface area contributed by atoms with Crippen LogP contribution in [0.15, 0.2) is 18.5 Å². The van der Waals surface area contributed by atoms with Gasteiger partial charge in [-0.1, -0.05) is 0 Å². The summed E-state index contributed by atoms with van der Waals surface area (Å²) in [5.74, 6) is 0.802. The highest BCUT2D eigenvalue weighted by Gasteiger charge is 2.23. The highest BCUT2D eigenvalue weighted by Crippen LogP contribution is 2.22. The number of nitrogens with zero attached hydrogens (tertiary/aromatic N) is 3. The Labute approximate surface area is 90.0 Å². The second-order valence-corrected chi connectivity index (χ2v) is 3.90. The van der Waals surface area contributed by atoms with E-state index in [-0.39, 0.29) is 6.61 Å². The van der Waals surface area contributed by atoms with E-state index in [9.17, 15) is 0 Å². The van der Waals surface area contributed by atoms with Crippen LogP contribution in [0.25, 0.3) is 0 Å². The van der Waals surface area contributed by atoms with Crippen molar-refractivity contribution in [2.45, 2.75) is 31.7 Å². The average molecular weight is 207 g/mol. The monoisotopic (exact) mass is 207 g/mol. The quantitative estimate of drug-likeness (QED) is 0.809. The van der Waals surface area contributed by atoms with Crippen LogP contribution in [0.2, 0.25) is 0 Å². The first-order valence-electron chi connectivity index (χ1n) is 5.56. The van der Waals surface area contributed by atoms with Crippen LogP contribution >= 0.6 is 0 Å². The maximum atomic E-state index is 9.02. The van der Waals surface area contributed by atoms with E-state index in [1.54, 1.807) is 12.4 Å². The van der Waals surface area contributed by atoms with E-state index >= 15 is 0 Å². The van der Waals surface area contributed by atoms with Gasteiger partial charge < -0.3 is 10.0 Å². The summed E-state index contributed by atoms with van der Waals surface area (Å²) in [7, 11) is 0. The van der Waals surface area contributed by atoms with Gasteiger partial charge in [0, 0.05) is 31.6 Å². The highest BCUT2D eigenvalue weighted by atomic mass is 16.3. The predicted octanol–water partition coefficient (Wildman–Crippen LogP) is 1.22. The van der Waals surface area contributed by atoms with Gasteiger partial charge >= 0.3 is 0 Å². The Morgan fingerprint density at radius 2 is 2.13 bits per heavy atom. The Morgan fingerprint density at radius 1 is 1.33 bits per heavy atom. The molecule has 1 aliphatic rings. The van der Waals surface area contributed by atoms with E-state index in [0.29, 0.717) is 6.04 Å². The summed E-state index contributed by atoms with van der Waals surface area (Å²) < 4.78 is 0. The number of aliphatic hydroxyl groups is 1. The van der Waals surface area contributed by atoms with Crippen LogP contribution in [0, 0.1) is 0 Å². The molecule has 1 fully saturated rings. The minimum atomic E-state index is 0.244. The molecular weight excluding hydrogens is 190 g/mol. The smallest absolute Gasteiger partial charge is 0.225 e. The molecule has 82 valence electrons. The topological polar surface area (TPSA) is 49.2 Å². The van der Waals surface area contributed by atoms with Crippen LogP contribution in [0.5, 0.6) is 0 Å². The van der Waals surface area contributed by atoms with Gasteiger partial charge in [-0.25, -0.2) is 9.97 Å². The fourth-order valence-electron chi connectivity index (χ4n) is 2.15. The first kappa shape index (κ1) is 10.4. The molecule has 1 aliphatic heterocycles. The molecule has 1 N–H and O–H groups in total. The number of piperidine rings is 1. The van der Waals surface area contributed by atoms with Crippen LogP contribution in [0.1, 0.15) is 25.7 Å². The Bertz CT molecular complexity index is 289. The van der Waals surface area contributed by atoms with Crippen LogP contribution in [0.3, 0.4) is 0 Å². The van der Waals surface area contributed by atoms with E-state index in [4.69, 9.17) is 5.11 Å². The van der Waals surface area contributed by atoms with E-state index in [1.807, 2.05) is 6.07 Å². The molecule has 1 unspecified atom stereocenters. The molecule has 1 saturated heterocycles. The van der Waals surface area contributed by atoms with Crippen LogP contribution < -0.4 is 4.90 Å². The second kappa shape index (κ2) is 5.07. The van der Waals surface area contributed by atoms with E-state index in [2.05, 4.69) is 14.9 Å². The Kier molecular flexibility index (Phi) is 3.50. The number of aromatic nitrogens is 2. The van der Waals surface area contributed by atoms with Gasteiger partial charge in [0.1, 0.15) is 0 Å². The number of hydrogen-bond acceptors (Lipinski definition) is 4. The standard InChI is InChI=1S/C11H17N3O/c15-9-5-10-4-1-2-8-14(10)11-12-6-3-7-13-11/h3,6-7,10,15H,1-2,4-5,8-9H2. The highest BCUT2D eigenvalue weighted by molar-refractivity contribution is 5.31. The van der Waals surface area contributed by atoms with Crippen molar-refractivity contribution in [2.75, 3.05) is 18.1 Å². The van der Waals surface area contributed by atoms with E-state index < -0.39 is 0 Å². The van der Waals surface area contributed by atoms with Gasteiger partial charge in [-0.3, -0.25) is 0 Å². The third-order valence-corrected chi connectivity index (χ3v) is 2.90. The zero-order valence-electron chi connectivity index (χ0n) is 8.84. The molecule has 1 aromatic heterocycles. The normalized spacial score (nSPS) is 21.7. The van der Waals surface area contributed by atoms with Crippen molar-refractivity contribution in [1.82, 2.24) is 9.97 Å². The molecule has 4 nitrogen and oxygen atoms in total. The molecular formula is C11H17N3O. The molecule has 4 heteroatoms. The first-order chi connectivity index (χ1) is 7.42. The zero-order valence-corrected chi connectivity index (χ0v) is 8.84. The van der Waals surface area contributed by atoms with E-state index in [1.165, 1.54) is 12.8 Å². The molecule has 1 atom stereocenters.